The summed E-state index contributed by atoms with van der Waals surface area (Å²) in [4.78, 5) is 16.8. The van der Waals surface area contributed by atoms with Crippen molar-refractivity contribution in [3.8, 4) is 11.5 Å². The number of ether oxygens (including phenoxy) is 2. The van der Waals surface area contributed by atoms with Gasteiger partial charge >= 0.3 is 0 Å². The van der Waals surface area contributed by atoms with Crippen molar-refractivity contribution < 1.29 is 22.7 Å². The second kappa shape index (κ2) is 11.7. The number of hydrogen-bond donors (Lipinski definition) is 1. The number of amides is 1. The van der Waals surface area contributed by atoms with Crippen LogP contribution < -0.4 is 14.2 Å². The van der Waals surface area contributed by atoms with E-state index in [1.807, 2.05) is 4.90 Å². The van der Waals surface area contributed by atoms with E-state index in [4.69, 9.17) is 9.47 Å². The molecule has 0 saturated carbocycles. The molecule has 0 aliphatic carbocycles. The number of nitrogens with one attached hydrogen (secondary N) is 1. The Morgan fingerprint density at radius 2 is 1.62 bits per heavy atom. The molecule has 1 aliphatic heterocycles. The van der Waals surface area contributed by atoms with Gasteiger partial charge < -0.3 is 14.4 Å². The molecule has 0 atom stereocenters. The minimum Gasteiger partial charge on any atom is -0.493 e. The topological polar surface area (TPSA) is 88.2 Å². The van der Waals surface area contributed by atoms with E-state index in [1.54, 1.807) is 0 Å². The Balaban J connectivity index is 1.44. The van der Waals surface area contributed by atoms with E-state index in [9.17, 15) is 13.2 Å². The molecule has 0 radical (unpaired) electrons. The number of rotatable bonds is 10. The molecule has 2 aromatic carbocycles. The van der Waals surface area contributed by atoms with Gasteiger partial charge in [-0.2, -0.15) is 0 Å². The Hall–Kier alpha value is -2.62. The highest BCUT2D eigenvalue weighted by atomic mass is 32.2. The number of methoxy groups -OCH3 is 2. The van der Waals surface area contributed by atoms with Crippen LogP contribution in [0, 0.1) is 0 Å². The number of piperazine rings is 1. The molecule has 186 valence electrons. The fourth-order valence-electron chi connectivity index (χ4n) is 3.94. The molecule has 1 amide bonds. The summed E-state index contributed by atoms with van der Waals surface area (Å²) in [6.07, 6.45) is 0.114. The Kier molecular flexibility index (Phi) is 8.93. The summed E-state index contributed by atoms with van der Waals surface area (Å²) in [7, 11) is -0.828. The number of benzene rings is 2. The minimum atomic E-state index is -3.76. The predicted molar refractivity (Wildman–Crippen MR) is 132 cm³/mol. The van der Waals surface area contributed by atoms with Gasteiger partial charge in [-0.3, -0.25) is 9.69 Å². The third-order valence-electron chi connectivity index (χ3n) is 6.07. The fourth-order valence-corrected chi connectivity index (χ4v) is 4.99. The second-order valence-corrected chi connectivity index (χ2v) is 10.5. The minimum absolute atomic E-state index is 0.0396. The van der Waals surface area contributed by atoms with Crippen molar-refractivity contribution in [3.63, 3.8) is 0 Å². The Bertz CT molecular complexity index is 1060. The molecule has 3 rings (SSSR count). The molecular weight excluding hydrogens is 454 g/mol. The maximum absolute atomic E-state index is 12.6. The van der Waals surface area contributed by atoms with Crippen LogP contribution in [0.25, 0.3) is 0 Å². The number of hydrogen-bond acceptors (Lipinski definition) is 6. The molecule has 34 heavy (non-hydrogen) atoms. The predicted octanol–water partition coefficient (Wildman–Crippen LogP) is 2.84. The summed E-state index contributed by atoms with van der Waals surface area (Å²) in [5.41, 5.74) is 2.61. The van der Waals surface area contributed by atoms with E-state index in [0.29, 0.717) is 30.5 Å². The molecule has 1 fully saturated rings. The molecular formula is C25H35N3O5S. The van der Waals surface area contributed by atoms with Crippen LogP contribution in [0.5, 0.6) is 11.5 Å². The number of carbonyl (C=O) groups excluding carboxylic acids is 1. The van der Waals surface area contributed by atoms with Crippen LogP contribution >= 0.6 is 0 Å². The van der Waals surface area contributed by atoms with Gasteiger partial charge in [0, 0.05) is 51.8 Å². The van der Waals surface area contributed by atoms with Crippen molar-refractivity contribution in [2.75, 3.05) is 46.9 Å². The molecule has 0 bridgehead atoms. The van der Waals surface area contributed by atoms with Gasteiger partial charge in [0.05, 0.1) is 19.1 Å². The Morgan fingerprint density at radius 3 is 2.21 bits per heavy atom. The third kappa shape index (κ3) is 6.71. The highest BCUT2D eigenvalue weighted by molar-refractivity contribution is 7.89. The van der Waals surface area contributed by atoms with Crippen LogP contribution in [0.15, 0.2) is 47.4 Å². The summed E-state index contributed by atoms with van der Waals surface area (Å²) in [6, 6.07) is 13.1. The van der Waals surface area contributed by atoms with Crippen LogP contribution in [0.3, 0.4) is 0 Å². The lowest BCUT2D eigenvalue weighted by Crippen LogP contribution is -2.48. The van der Waals surface area contributed by atoms with Gasteiger partial charge in [-0.1, -0.05) is 38.1 Å². The maximum atomic E-state index is 12.6. The highest BCUT2D eigenvalue weighted by Gasteiger charge is 2.22. The van der Waals surface area contributed by atoms with Crippen LogP contribution in [0.2, 0.25) is 0 Å². The summed E-state index contributed by atoms with van der Waals surface area (Å²) in [5, 5.41) is 0. The van der Waals surface area contributed by atoms with Gasteiger partial charge in [-0.25, -0.2) is 13.1 Å². The normalized spacial score (nSPS) is 14.9. The molecule has 1 N–H and O–H groups in total. The first kappa shape index (κ1) is 26.0. The molecule has 1 aliphatic rings. The van der Waals surface area contributed by atoms with Crippen molar-refractivity contribution in [1.82, 2.24) is 14.5 Å². The van der Waals surface area contributed by atoms with E-state index >= 15 is 0 Å². The van der Waals surface area contributed by atoms with E-state index in [1.165, 1.54) is 43.5 Å². The lowest BCUT2D eigenvalue weighted by molar-refractivity contribution is -0.132. The van der Waals surface area contributed by atoms with Crippen molar-refractivity contribution in [1.29, 1.82) is 0 Å². The van der Waals surface area contributed by atoms with E-state index in [2.05, 4.69) is 47.7 Å². The van der Waals surface area contributed by atoms with Gasteiger partial charge in [0.1, 0.15) is 0 Å². The van der Waals surface area contributed by atoms with Crippen molar-refractivity contribution >= 4 is 15.9 Å². The molecule has 8 nitrogen and oxygen atoms in total. The molecule has 2 aromatic rings. The van der Waals surface area contributed by atoms with Gasteiger partial charge in [0.2, 0.25) is 15.9 Å². The Morgan fingerprint density at radius 1 is 0.971 bits per heavy atom. The first-order valence-electron chi connectivity index (χ1n) is 11.5. The largest absolute Gasteiger partial charge is 0.493 e. The van der Waals surface area contributed by atoms with Gasteiger partial charge in [0.25, 0.3) is 0 Å². The molecule has 1 heterocycles. The fraction of sp³-hybridized carbons (Fsp3) is 0.480. The maximum Gasteiger partial charge on any atom is 0.240 e. The number of nitrogens with zero attached hydrogens (tertiary/aromatic N) is 2. The van der Waals surface area contributed by atoms with Gasteiger partial charge in [0.15, 0.2) is 11.5 Å². The first-order valence-corrected chi connectivity index (χ1v) is 13.0. The monoisotopic (exact) mass is 489 g/mol. The Labute approximate surface area is 202 Å². The summed E-state index contributed by atoms with van der Waals surface area (Å²) < 4.78 is 38.0. The smallest absolute Gasteiger partial charge is 0.240 e. The molecule has 9 heteroatoms. The zero-order valence-electron chi connectivity index (χ0n) is 20.4. The number of carbonyl (C=O) groups is 1. The van der Waals surface area contributed by atoms with E-state index in [0.717, 1.165) is 19.6 Å². The van der Waals surface area contributed by atoms with Crippen LogP contribution in [0.1, 0.15) is 37.3 Å². The van der Waals surface area contributed by atoms with Crippen LogP contribution in [-0.4, -0.2) is 71.1 Å². The van der Waals surface area contributed by atoms with Gasteiger partial charge in [-0.15, -0.1) is 0 Å². The molecule has 0 unspecified atom stereocenters. The highest BCUT2D eigenvalue weighted by Crippen LogP contribution is 2.29. The summed E-state index contributed by atoms with van der Waals surface area (Å²) >= 11 is 0. The van der Waals surface area contributed by atoms with Crippen molar-refractivity contribution in [2.45, 2.75) is 37.6 Å². The SMILES string of the molecule is COc1ccc(S(=O)(=O)NCCC(=O)N2CCN(Cc3ccc(C(C)C)cc3)CC2)cc1OC. The standard InChI is InChI=1S/C25H35N3O5S/c1-19(2)21-7-5-20(6-8-21)18-27-13-15-28(16-14-27)25(29)11-12-26-34(30,31)22-9-10-23(32-3)24(17-22)33-4/h5-10,17,19,26H,11-16,18H2,1-4H3. The second-order valence-electron chi connectivity index (χ2n) is 8.72. The van der Waals surface area contributed by atoms with E-state index < -0.39 is 10.0 Å². The molecule has 0 spiro atoms. The van der Waals surface area contributed by atoms with Crippen LogP contribution in [0.4, 0.5) is 0 Å². The van der Waals surface area contributed by atoms with E-state index in [-0.39, 0.29) is 23.8 Å². The summed E-state index contributed by atoms with van der Waals surface area (Å²) in [6.45, 7) is 8.17. The zero-order valence-corrected chi connectivity index (χ0v) is 21.2. The lowest BCUT2D eigenvalue weighted by Gasteiger charge is -2.35. The molecule has 1 saturated heterocycles. The average molecular weight is 490 g/mol. The van der Waals surface area contributed by atoms with Crippen LogP contribution in [-0.2, 0) is 21.4 Å². The van der Waals surface area contributed by atoms with Crippen molar-refractivity contribution in [2.24, 2.45) is 0 Å². The lowest BCUT2D eigenvalue weighted by atomic mass is 10.0. The van der Waals surface area contributed by atoms with Crippen molar-refractivity contribution in [3.05, 3.63) is 53.6 Å². The first-order chi connectivity index (χ1) is 16.2. The zero-order chi connectivity index (χ0) is 24.7. The van der Waals surface area contributed by atoms with Gasteiger partial charge in [-0.05, 0) is 29.2 Å². The average Bonchev–Trinajstić information content (AvgIpc) is 2.84. The quantitative estimate of drug-likeness (QED) is 0.552. The third-order valence-corrected chi connectivity index (χ3v) is 7.53. The molecule has 0 aromatic heterocycles. The number of sulfonamides is 1. The summed E-state index contributed by atoms with van der Waals surface area (Å²) in [5.74, 6) is 1.25.